The molecular weight excluding hydrogens is 476 g/mol. The number of carbonyl (C=O) groups is 4. The summed E-state index contributed by atoms with van der Waals surface area (Å²) in [7, 11) is 0. The summed E-state index contributed by atoms with van der Waals surface area (Å²) in [5.41, 5.74) is -0.712. The van der Waals surface area contributed by atoms with Gasteiger partial charge in [-0.3, -0.25) is 19.2 Å². The second kappa shape index (κ2) is 13.4. The van der Waals surface area contributed by atoms with Crippen molar-refractivity contribution in [2.75, 3.05) is 26.4 Å². The molecule has 1 aromatic rings. The Morgan fingerprint density at radius 2 is 1.89 bits per heavy atom. The van der Waals surface area contributed by atoms with Crippen LogP contribution < -0.4 is 26.0 Å². The molecule has 0 aromatic heterocycles. The maximum atomic E-state index is 13.5. The van der Waals surface area contributed by atoms with E-state index in [1.165, 1.54) is 0 Å². The van der Waals surface area contributed by atoms with E-state index in [2.05, 4.69) is 21.3 Å². The third-order valence-electron chi connectivity index (χ3n) is 6.97. The van der Waals surface area contributed by atoms with Crippen LogP contribution in [-0.4, -0.2) is 67.6 Å². The monoisotopic (exact) mass is 516 g/mol. The molecule has 1 aliphatic heterocycles. The molecular formula is C27H40N4O6. The smallest absolute Gasteiger partial charge is 0.255 e. The summed E-state index contributed by atoms with van der Waals surface area (Å²) in [6.45, 7) is 7.13. The van der Waals surface area contributed by atoms with Gasteiger partial charge in [-0.25, -0.2) is 0 Å². The van der Waals surface area contributed by atoms with E-state index in [4.69, 9.17) is 9.47 Å². The lowest BCUT2D eigenvalue weighted by atomic mass is 9.94. The quantitative estimate of drug-likeness (QED) is 0.425. The Balaban J connectivity index is 1.89. The van der Waals surface area contributed by atoms with Crippen molar-refractivity contribution in [3.8, 4) is 5.75 Å². The van der Waals surface area contributed by atoms with Gasteiger partial charge in [0.2, 0.25) is 17.7 Å². The Hall–Kier alpha value is -3.14. The number of amides is 4. The van der Waals surface area contributed by atoms with Crippen molar-refractivity contribution < 1.29 is 28.7 Å². The van der Waals surface area contributed by atoms with E-state index in [0.29, 0.717) is 31.8 Å². The number of rotatable bonds is 6. The van der Waals surface area contributed by atoms with Gasteiger partial charge in [-0.15, -0.1) is 0 Å². The molecule has 2 atom stereocenters. The van der Waals surface area contributed by atoms with Gasteiger partial charge in [-0.2, -0.15) is 0 Å². The normalized spacial score (nSPS) is 22.6. The maximum absolute atomic E-state index is 13.5. The lowest BCUT2D eigenvalue weighted by Crippen LogP contribution is -2.60. The van der Waals surface area contributed by atoms with Crippen LogP contribution in [0.4, 0.5) is 0 Å². The molecule has 1 aliphatic carbocycles. The van der Waals surface area contributed by atoms with Gasteiger partial charge in [0.1, 0.15) is 23.9 Å². The number of para-hydroxylation sites is 1. The first kappa shape index (κ1) is 28.4. The number of hydrogen-bond acceptors (Lipinski definition) is 6. The number of nitrogens with one attached hydrogen (secondary N) is 4. The fraction of sp³-hybridized carbons (Fsp3) is 0.630. The molecule has 1 fully saturated rings. The summed E-state index contributed by atoms with van der Waals surface area (Å²) in [6, 6.07) is 5.51. The predicted octanol–water partition coefficient (Wildman–Crippen LogP) is 1.68. The zero-order chi connectivity index (χ0) is 26.8. The predicted molar refractivity (Wildman–Crippen MR) is 138 cm³/mol. The lowest BCUT2D eigenvalue weighted by Gasteiger charge is -2.32. The molecule has 4 amide bonds. The van der Waals surface area contributed by atoms with Crippen molar-refractivity contribution in [1.82, 2.24) is 21.3 Å². The van der Waals surface area contributed by atoms with E-state index < -0.39 is 23.4 Å². The molecule has 37 heavy (non-hydrogen) atoms. The highest BCUT2D eigenvalue weighted by Gasteiger charge is 2.43. The molecule has 0 saturated heterocycles. The van der Waals surface area contributed by atoms with E-state index in [1.807, 2.05) is 20.8 Å². The summed E-state index contributed by atoms with van der Waals surface area (Å²) in [6.07, 6.45) is 2.84. The van der Waals surface area contributed by atoms with Crippen LogP contribution in [0, 0.1) is 5.92 Å². The third kappa shape index (κ3) is 7.67. The first-order valence-corrected chi connectivity index (χ1v) is 13.3. The Bertz CT molecular complexity index is 960. The molecule has 0 unspecified atom stereocenters. The fourth-order valence-electron chi connectivity index (χ4n) is 4.68. The van der Waals surface area contributed by atoms with Crippen molar-refractivity contribution >= 4 is 23.6 Å². The Morgan fingerprint density at radius 3 is 2.59 bits per heavy atom. The minimum absolute atomic E-state index is 0.0232. The second-order valence-electron chi connectivity index (χ2n) is 10.0. The van der Waals surface area contributed by atoms with Crippen LogP contribution in [0.2, 0.25) is 0 Å². The van der Waals surface area contributed by atoms with Gasteiger partial charge in [0.25, 0.3) is 5.91 Å². The van der Waals surface area contributed by atoms with Crippen molar-refractivity contribution in [1.29, 1.82) is 0 Å². The van der Waals surface area contributed by atoms with E-state index >= 15 is 0 Å². The summed E-state index contributed by atoms with van der Waals surface area (Å²) in [5.74, 6) is -1.02. The van der Waals surface area contributed by atoms with Crippen LogP contribution in [0.25, 0.3) is 0 Å². The van der Waals surface area contributed by atoms with E-state index in [0.717, 1.165) is 12.8 Å². The fourth-order valence-corrected chi connectivity index (χ4v) is 4.68. The summed E-state index contributed by atoms with van der Waals surface area (Å²) in [5, 5.41) is 11.6. The summed E-state index contributed by atoms with van der Waals surface area (Å²) < 4.78 is 11.3. The Labute approximate surface area is 218 Å². The molecule has 2 aliphatic rings. The number of benzene rings is 1. The van der Waals surface area contributed by atoms with Crippen LogP contribution in [0.15, 0.2) is 24.3 Å². The standard InChI is InChI=1S/C27H40N4O6/c1-4-36-16-15-28-25(34)20-11-12-23(32)31-27(13-7-8-14-27)26(35)30-21(18(2)3)17-37-22-10-6-5-9-19(22)24(33)29-20/h5-6,9-10,18,20-21H,4,7-8,11-17H2,1-3H3,(H,28,34)(H,29,33)(H,30,35)(H,31,32)/t20-,21+/m0/s1. The average Bonchev–Trinajstić information content (AvgIpc) is 3.35. The number of hydrogen-bond donors (Lipinski definition) is 4. The minimum Gasteiger partial charge on any atom is -0.491 e. The largest absolute Gasteiger partial charge is 0.491 e. The van der Waals surface area contributed by atoms with Crippen molar-refractivity contribution in [2.45, 2.75) is 76.9 Å². The molecule has 4 N–H and O–H groups in total. The topological polar surface area (TPSA) is 135 Å². The molecule has 204 valence electrons. The molecule has 0 radical (unpaired) electrons. The molecule has 1 aromatic carbocycles. The molecule has 1 heterocycles. The molecule has 1 spiro atoms. The van der Waals surface area contributed by atoms with Crippen LogP contribution in [0.3, 0.4) is 0 Å². The number of carbonyl (C=O) groups excluding carboxylic acids is 4. The molecule has 10 nitrogen and oxygen atoms in total. The van der Waals surface area contributed by atoms with Crippen molar-refractivity contribution in [2.24, 2.45) is 5.92 Å². The van der Waals surface area contributed by atoms with E-state index in [-0.39, 0.29) is 55.3 Å². The van der Waals surface area contributed by atoms with E-state index in [1.54, 1.807) is 24.3 Å². The van der Waals surface area contributed by atoms with Crippen LogP contribution in [0.5, 0.6) is 5.75 Å². The van der Waals surface area contributed by atoms with Crippen LogP contribution in [0.1, 0.15) is 69.7 Å². The van der Waals surface area contributed by atoms with Gasteiger partial charge >= 0.3 is 0 Å². The van der Waals surface area contributed by atoms with Crippen LogP contribution in [-0.2, 0) is 19.1 Å². The Kier molecular flexibility index (Phi) is 10.3. The molecule has 0 bridgehead atoms. The third-order valence-corrected chi connectivity index (χ3v) is 6.97. The number of fused-ring (bicyclic) bond motifs is 1. The highest BCUT2D eigenvalue weighted by Crippen LogP contribution is 2.31. The SMILES string of the molecule is CCOCCNC(=O)[C@@H]1CCC(=O)NC2(CCCC2)C(=O)N[C@@H](C(C)C)COc2ccccc2C(=O)N1. The molecule has 3 rings (SSSR count). The first-order valence-electron chi connectivity index (χ1n) is 13.3. The maximum Gasteiger partial charge on any atom is 0.255 e. The van der Waals surface area contributed by atoms with Crippen molar-refractivity contribution in [3.05, 3.63) is 29.8 Å². The van der Waals surface area contributed by atoms with Gasteiger partial charge in [0.05, 0.1) is 18.2 Å². The van der Waals surface area contributed by atoms with Gasteiger partial charge in [-0.1, -0.05) is 38.8 Å². The second-order valence-corrected chi connectivity index (χ2v) is 10.0. The minimum atomic E-state index is -0.985. The lowest BCUT2D eigenvalue weighted by molar-refractivity contribution is -0.134. The average molecular weight is 517 g/mol. The zero-order valence-corrected chi connectivity index (χ0v) is 22.1. The van der Waals surface area contributed by atoms with Gasteiger partial charge < -0.3 is 30.7 Å². The first-order chi connectivity index (χ1) is 17.8. The molecule has 1 saturated carbocycles. The summed E-state index contributed by atoms with van der Waals surface area (Å²) in [4.78, 5) is 52.6. The zero-order valence-electron chi connectivity index (χ0n) is 22.1. The van der Waals surface area contributed by atoms with E-state index in [9.17, 15) is 19.2 Å². The summed E-state index contributed by atoms with van der Waals surface area (Å²) >= 11 is 0. The number of ether oxygens (including phenoxy) is 2. The molecule has 10 heteroatoms. The highest BCUT2D eigenvalue weighted by atomic mass is 16.5. The van der Waals surface area contributed by atoms with Crippen LogP contribution >= 0.6 is 0 Å². The van der Waals surface area contributed by atoms with Gasteiger partial charge in [0.15, 0.2) is 0 Å². The highest BCUT2D eigenvalue weighted by molar-refractivity contribution is 6.00. The van der Waals surface area contributed by atoms with Crippen molar-refractivity contribution in [3.63, 3.8) is 0 Å². The van der Waals surface area contributed by atoms with Gasteiger partial charge in [-0.05, 0) is 44.2 Å². The Morgan fingerprint density at radius 1 is 1.16 bits per heavy atom. The van der Waals surface area contributed by atoms with Gasteiger partial charge in [0, 0.05) is 19.6 Å².